The van der Waals surface area contributed by atoms with Gasteiger partial charge in [0.05, 0.1) is 30.8 Å². The lowest BCUT2D eigenvalue weighted by Crippen LogP contribution is -2.56. The molecule has 1 unspecified atom stereocenters. The first-order chi connectivity index (χ1) is 19.2. The number of epoxide rings is 1. The van der Waals surface area contributed by atoms with Crippen molar-refractivity contribution in [1.82, 2.24) is 4.90 Å². The van der Waals surface area contributed by atoms with E-state index in [1.54, 1.807) is 19.1 Å². The smallest absolute Gasteiger partial charge is 0.308 e. The van der Waals surface area contributed by atoms with E-state index in [0.29, 0.717) is 19.3 Å². The summed E-state index contributed by atoms with van der Waals surface area (Å²) in [6.07, 6.45) is 0.627. The molecular formula is C31H51NO9. The van der Waals surface area contributed by atoms with Crippen LogP contribution in [0.15, 0.2) is 12.2 Å². The Morgan fingerprint density at radius 3 is 2.41 bits per heavy atom. The highest BCUT2D eigenvalue weighted by molar-refractivity contribution is 5.91. The molecule has 0 aromatic carbocycles. The van der Waals surface area contributed by atoms with Crippen LogP contribution in [0.1, 0.15) is 73.6 Å². The van der Waals surface area contributed by atoms with E-state index in [4.69, 9.17) is 18.9 Å². The van der Waals surface area contributed by atoms with Crippen molar-refractivity contribution >= 4 is 18.0 Å². The summed E-state index contributed by atoms with van der Waals surface area (Å²) in [6.45, 7) is 11.3. The minimum absolute atomic E-state index is 0.0707. The molecular weight excluding hydrogens is 530 g/mol. The van der Waals surface area contributed by atoms with Crippen molar-refractivity contribution in [3.63, 3.8) is 0 Å². The average Bonchev–Trinajstić information content (AvgIpc) is 3.60. The minimum Gasteiger partial charge on any atom is -0.462 e. The molecule has 2 saturated heterocycles. The van der Waals surface area contributed by atoms with Gasteiger partial charge in [0.25, 0.3) is 0 Å². The van der Waals surface area contributed by atoms with Crippen molar-refractivity contribution in [2.45, 2.75) is 128 Å². The zero-order chi connectivity index (χ0) is 30.6. The Balaban J connectivity index is 1.95. The molecule has 41 heavy (non-hydrogen) atoms. The predicted octanol–water partition coefficient (Wildman–Crippen LogP) is 2.67. The quantitative estimate of drug-likeness (QED) is 0.274. The van der Waals surface area contributed by atoms with E-state index >= 15 is 0 Å². The summed E-state index contributed by atoms with van der Waals surface area (Å²) in [5, 5.41) is 22.4. The molecule has 0 aliphatic carbocycles. The fourth-order valence-electron chi connectivity index (χ4n) is 6.50. The van der Waals surface area contributed by atoms with Gasteiger partial charge in [-0.2, -0.15) is 0 Å². The maximum Gasteiger partial charge on any atom is 0.308 e. The number of hydrogen-bond donors (Lipinski definition) is 2. The molecule has 0 aromatic rings. The Hall–Kier alpha value is -1.69. The highest BCUT2D eigenvalue weighted by Gasteiger charge is 2.55. The van der Waals surface area contributed by atoms with Crippen LogP contribution in [0.25, 0.3) is 0 Å². The fraction of sp³-hybridized carbons (Fsp3) is 0.839. The van der Waals surface area contributed by atoms with Gasteiger partial charge in [-0.3, -0.25) is 9.59 Å². The van der Waals surface area contributed by atoms with Gasteiger partial charge in [-0.05, 0) is 65.3 Å². The Morgan fingerprint density at radius 2 is 1.80 bits per heavy atom. The van der Waals surface area contributed by atoms with Gasteiger partial charge in [-0.25, -0.2) is 0 Å². The van der Waals surface area contributed by atoms with Crippen LogP contribution in [-0.4, -0.2) is 102 Å². The Kier molecular flexibility index (Phi) is 11.7. The van der Waals surface area contributed by atoms with Gasteiger partial charge >= 0.3 is 5.97 Å². The van der Waals surface area contributed by atoms with Crippen LogP contribution in [0.3, 0.4) is 0 Å². The Morgan fingerprint density at radius 1 is 1.12 bits per heavy atom. The zero-order valence-electron chi connectivity index (χ0n) is 25.9. The van der Waals surface area contributed by atoms with Crippen LogP contribution in [0.2, 0.25) is 0 Å². The van der Waals surface area contributed by atoms with Crippen LogP contribution in [0, 0.1) is 23.7 Å². The van der Waals surface area contributed by atoms with Crippen molar-refractivity contribution in [1.29, 1.82) is 0 Å². The number of nitrogens with zero attached hydrogens (tertiary/aromatic N) is 1. The van der Waals surface area contributed by atoms with Crippen molar-refractivity contribution in [2.75, 3.05) is 14.1 Å². The second-order valence-corrected chi connectivity index (χ2v) is 12.9. The second-order valence-electron chi connectivity index (χ2n) is 12.9. The summed E-state index contributed by atoms with van der Waals surface area (Å²) in [7, 11) is 3.76. The Bertz CT molecular complexity index is 941. The topological polar surface area (TPSA) is 135 Å². The highest BCUT2D eigenvalue weighted by atomic mass is 16.7. The van der Waals surface area contributed by atoms with E-state index in [2.05, 4.69) is 0 Å². The van der Waals surface area contributed by atoms with Gasteiger partial charge in [-0.1, -0.05) is 27.7 Å². The van der Waals surface area contributed by atoms with Crippen molar-refractivity contribution in [3.8, 4) is 0 Å². The van der Waals surface area contributed by atoms with Crippen LogP contribution in [0.5, 0.6) is 0 Å². The fourth-order valence-corrected chi connectivity index (χ4v) is 6.50. The molecule has 13 atom stereocenters. The number of carbonyl (C=O) groups excluding carboxylic acids is 3. The first-order valence-corrected chi connectivity index (χ1v) is 15.1. The second kappa shape index (κ2) is 14.2. The molecule has 2 fully saturated rings. The summed E-state index contributed by atoms with van der Waals surface area (Å²) in [6, 6.07) is -0.219. The minimum atomic E-state index is -1.15. The molecule has 0 amide bonds. The number of aliphatic hydroxyl groups excluding tert-OH is 2. The number of ether oxygens (including phenoxy) is 4. The van der Waals surface area contributed by atoms with E-state index < -0.39 is 60.0 Å². The van der Waals surface area contributed by atoms with E-state index in [1.165, 1.54) is 0 Å². The maximum atomic E-state index is 13.2. The molecule has 3 rings (SSSR count). The van der Waals surface area contributed by atoms with Crippen LogP contribution in [-0.2, 0) is 33.3 Å². The van der Waals surface area contributed by atoms with Crippen LogP contribution in [0.4, 0.5) is 0 Å². The molecule has 0 bridgehead atoms. The molecule has 234 valence electrons. The lowest BCUT2D eigenvalue weighted by molar-refractivity contribution is -0.283. The summed E-state index contributed by atoms with van der Waals surface area (Å²) >= 11 is 0. The molecule has 10 nitrogen and oxygen atoms in total. The summed E-state index contributed by atoms with van der Waals surface area (Å²) < 4.78 is 24.2. The SMILES string of the molecule is CC[C@H]1OC(=O)C[C@@H](O)[C@H](C)C(O[C@@H]2O[C@H](C)C[C@H](N(C)C)[C@H]2O)[C@@H](CC=O)C[C@@H](C)C(=O)/C=C/[C@]2(C)O[C@H]2[C@@H]1C. The first kappa shape index (κ1) is 33.8. The largest absolute Gasteiger partial charge is 0.462 e. The number of aldehydes is 1. The molecule has 3 heterocycles. The van der Waals surface area contributed by atoms with Gasteiger partial charge in [0, 0.05) is 30.2 Å². The van der Waals surface area contributed by atoms with Crippen LogP contribution < -0.4 is 0 Å². The first-order valence-electron chi connectivity index (χ1n) is 15.1. The summed E-state index contributed by atoms with van der Waals surface area (Å²) in [5.41, 5.74) is -0.637. The third kappa shape index (κ3) is 8.24. The molecule has 0 spiro atoms. The number of rotatable bonds is 6. The van der Waals surface area contributed by atoms with Crippen molar-refractivity contribution in [2.24, 2.45) is 23.7 Å². The molecule has 3 aliphatic rings. The third-order valence-corrected chi connectivity index (χ3v) is 9.29. The van der Waals surface area contributed by atoms with Gasteiger partial charge in [-0.15, -0.1) is 0 Å². The van der Waals surface area contributed by atoms with Crippen molar-refractivity contribution < 1.29 is 43.5 Å². The van der Waals surface area contributed by atoms with Gasteiger partial charge in [0.2, 0.25) is 0 Å². The van der Waals surface area contributed by atoms with E-state index in [9.17, 15) is 24.6 Å². The normalized spacial score (nSPS) is 45.5. The molecule has 10 heteroatoms. The number of allylic oxidation sites excluding steroid dienone is 1. The van der Waals surface area contributed by atoms with E-state index in [0.717, 1.165) is 6.29 Å². The van der Waals surface area contributed by atoms with Crippen molar-refractivity contribution in [3.05, 3.63) is 12.2 Å². The highest BCUT2D eigenvalue weighted by Crippen LogP contribution is 2.45. The zero-order valence-corrected chi connectivity index (χ0v) is 25.9. The molecule has 0 aromatic heterocycles. The van der Waals surface area contributed by atoms with Gasteiger partial charge in [0.15, 0.2) is 12.1 Å². The number of cyclic esters (lactones) is 1. The van der Waals surface area contributed by atoms with E-state index in [1.807, 2.05) is 53.6 Å². The maximum absolute atomic E-state index is 13.2. The standard InChI is InChI=1S/C31H51NO9/c1-9-25-20(5)29-31(6,41-29)12-10-23(34)17(2)14-21(11-13-33)28(19(4)24(35)16-26(36)39-25)40-30-27(37)22(32(7)8)15-18(3)38-30/h10,12-13,17-22,24-25,27-30,35,37H,9,11,14-16H2,1-8H3/b12-10+/t17-,18-,19+,20-,21+,22+,24-,25-,27-,28?,29+,30+,31+/m1/s1. The average molecular weight is 582 g/mol. The molecule has 2 N–H and O–H groups in total. The molecule has 0 radical (unpaired) electrons. The lowest BCUT2D eigenvalue weighted by Gasteiger charge is -2.44. The summed E-state index contributed by atoms with van der Waals surface area (Å²) in [4.78, 5) is 40.0. The number of likely N-dealkylation sites (N-methyl/N-ethyl adjacent to an activating group) is 1. The number of carbonyl (C=O) groups is 3. The Labute approximate surface area is 244 Å². The number of ketones is 1. The summed E-state index contributed by atoms with van der Waals surface area (Å²) in [5.74, 6) is -2.32. The number of fused-ring (bicyclic) bond motifs is 1. The predicted molar refractivity (Wildman–Crippen MR) is 152 cm³/mol. The third-order valence-electron chi connectivity index (χ3n) is 9.29. The van der Waals surface area contributed by atoms with Gasteiger partial charge < -0.3 is 38.9 Å². The lowest BCUT2D eigenvalue weighted by atomic mass is 9.79. The monoisotopic (exact) mass is 581 g/mol. The molecule has 0 saturated carbocycles. The van der Waals surface area contributed by atoms with E-state index in [-0.39, 0.29) is 42.8 Å². The van der Waals surface area contributed by atoms with Crippen LogP contribution >= 0.6 is 0 Å². The van der Waals surface area contributed by atoms with Gasteiger partial charge in [0.1, 0.15) is 24.1 Å². The molecule has 3 aliphatic heterocycles. The number of esters is 1. The number of aliphatic hydroxyl groups is 2. The number of hydrogen-bond acceptors (Lipinski definition) is 10.